The zero-order valence-electron chi connectivity index (χ0n) is 13.4. The maximum Gasteiger partial charge on any atom is 0.228 e. The van der Waals surface area contributed by atoms with Crippen molar-refractivity contribution in [1.29, 1.82) is 0 Å². The van der Waals surface area contributed by atoms with E-state index in [2.05, 4.69) is 19.9 Å². The van der Waals surface area contributed by atoms with E-state index in [1.807, 2.05) is 18.1 Å². The van der Waals surface area contributed by atoms with Crippen LogP contribution in [0.15, 0.2) is 22.2 Å². The summed E-state index contributed by atoms with van der Waals surface area (Å²) < 4.78 is 25.7. The molecule has 1 aliphatic rings. The normalized spacial score (nSPS) is 16.8. The van der Waals surface area contributed by atoms with E-state index in [9.17, 15) is 4.39 Å². The summed E-state index contributed by atoms with van der Waals surface area (Å²) in [5, 5.41) is 0.574. The highest BCUT2D eigenvalue weighted by Crippen LogP contribution is 2.39. The van der Waals surface area contributed by atoms with Gasteiger partial charge in [0.25, 0.3) is 0 Å². The molecule has 0 saturated carbocycles. The van der Waals surface area contributed by atoms with Gasteiger partial charge in [0.2, 0.25) is 5.88 Å². The Morgan fingerprint density at radius 3 is 2.96 bits per heavy atom. The molecule has 0 saturated heterocycles. The lowest BCUT2D eigenvalue weighted by molar-refractivity contribution is 0.284. The van der Waals surface area contributed by atoms with Crippen LogP contribution in [0.3, 0.4) is 0 Å². The molecule has 1 atom stereocenters. The van der Waals surface area contributed by atoms with Crippen LogP contribution in [0, 0.1) is 5.82 Å². The molecule has 1 aliphatic heterocycles. The first kappa shape index (κ1) is 16.3. The molecule has 7 nitrogen and oxygen atoms in total. The number of aromatic nitrogens is 4. The first-order valence-corrected chi connectivity index (χ1v) is 9.06. The van der Waals surface area contributed by atoms with Gasteiger partial charge >= 0.3 is 0 Å². The van der Waals surface area contributed by atoms with Crippen LogP contribution in [0.1, 0.15) is 12.7 Å². The summed E-state index contributed by atoms with van der Waals surface area (Å²) in [6.45, 7) is 2.73. The van der Waals surface area contributed by atoms with Crippen LogP contribution >= 0.6 is 23.4 Å². The Morgan fingerprint density at radius 1 is 1.40 bits per heavy atom. The van der Waals surface area contributed by atoms with Crippen LogP contribution in [0.25, 0.3) is 10.9 Å². The van der Waals surface area contributed by atoms with Crippen molar-refractivity contribution in [3.63, 3.8) is 0 Å². The summed E-state index contributed by atoms with van der Waals surface area (Å²) >= 11 is 7.23. The topological polar surface area (TPSA) is 77.2 Å². The van der Waals surface area contributed by atoms with Crippen LogP contribution in [-0.2, 0) is 6.54 Å². The molecule has 0 bridgehead atoms. The molecule has 4 heterocycles. The van der Waals surface area contributed by atoms with E-state index in [0.717, 1.165) is 0 Å². The van der Waals surface area contributed by atoms with Gasteiger partial charge in [0.1, 0.15) is 29.1 Å². The number of rotatable bonds is 3. The van der Waals surface area contributed by atoms with Gasteiger partial charge in [-0.1, -0.05) is 23.4 Å². The van der Waals surface area contributed by atoms with Gasteiger partial charge in [0.05, 0.1) is 18.8 Å². The van der Waals surface area contributed by atoms with E-state index in [0.29, 0.717) is 35.3 Å². The van der Waals surface area contributed by atoms with E-state index in [4.69, 9.17) is 20.8 Å². The third-order valence-electron chi connectivity index (χ3n) is 3.93. The minimum atomic E-state index is -0.683. The quantitative estimate of drug-likeness (QED) is 0.388. The zero-order valence-corrected chi connectivity index (χ0v) is 14.9. The van der Waals surface area contributed by atoms with Gasteiger partial charge in [0.15, 0.2) is 22.5 Å². The molecule has 130 valence electrons. The second-order valence-electron chi connectivity index (χ2n) is 5.53. The molecule has 3 aromatic heterocycles. The molecule has 0 spiro atoms. The van der Waals surface area contributed by atoms with Gasteiger partial charge in [0, 0.05) is 0 Å². The predicted molar refractivity (Wildman–Crippen MR) is 91.7 cm³/mol. The van der Waals surface area contributed by atoms with Crippen molar-refractivity contribution in [2.75, 3.05) is 17.8 Å². The van der Waals surface area contributed by atoms with Crippen LogP contribution in [0.5, 0.6) is 5.88 Å². The standard InChI is InChI=1S/C15H13ClFN5O2S/c1-7-5-23-14-9-11(10(17)12(16)20-14)19-15(25-2)21-13(9)22(7)4-8-3-18-6-24-8/h3,6-7H,4-5H2,1-2H3/t7-/m0/s1. The number of hydrogen-bond acceptors (Lipinski definition) is 8. The number of oxazole rings is 1. The highest BCUT2D eigenvalue weighted by atomic mass is 35.5. The molecule has 0 radical (unpaired) electrons. The van der Waals surface area contributed by atoms with Crippen molar-refractivity contribution >= 4 is 40.1 Å². The van der Waals surface area contributed by atoms with Crippen molar-refractivity contribution in [1.82, 2.24) is 19.9 Å². The summed E-state index contributed by atoms with van der Waals surface area (Å²) in [5.41, 5.74) is 0.0982. The SMILES string of the molecule is CSc1nc2c3c(nc(Cl)c(F)c3n1)OC[C@H](C)N2Cc1cnco1. The molecular weight excluding hydrogens is 369 g/mol. The van der Waals surface area contributed by atoms with Crippen molar-refractivity contribution in [3.05, 3.63) is 29.3 Å². The van der Waals surface area contributed by atoms with Crippen LogP contribution in [-0.4, -0.2) is 38.8 Å². The van der Waals surface area contributed by atoms with Crippen molar-refractivity contribution in [3.8, 4) is 5.88 Å². The van der Waals surface area contributed by atoms with Gasteiger partial charge in [-0.25, -0.2) is 19.3 Å². The van der Waals surface area contributed by atoms with E-state index in [1.165, 1.54) is 18.2 Å². The van der Waals surface area contributed by atoms with Gasteiger partial charge in [-0.15, -0.1) is 0 Å². The molecule has 0 amide bonds. The second kappa shape index (κ2) is 6.30. The summed E-state index contributed by atoms with van der Waals surface area (Å²) in [6, 6.07) is -0.0612. The Balaban J connectivity index is 1.98. The van der Waals surface area contributed by atoms with E-state index < -0.39 is 5.82 Å². The Hall–Kier alpha value is -2.13. The van der Waals surface area contributed by atoms with Crippen LogP contribution < -0.4 is 9.64 Å². The predicted octanol–water partition coefficient (Wildman–Crippen LogP) is 3.31. The Labute approximate surface area is 151 Å². The minimum absolute atomic E-state index is 0.0612. The number of halogens is 2. The molecule has 4 rings (SSSR count). The molecule has 0 N–H and O–H groups in total. The molecule has 0 unspecified atom stereocenters. The highest BCUT2D eigenvalue weighted by molar-refractivity contribution is 7.98. The van der Waals surface area contributed by atoms with E-state index in [1.54, 1.807) is 6.20 Å². The van der Waals surface area contributed by atoms with Crippen molar-refractivity contribution in [2.24, 2.45) is 0 Å². The number of pyridine rings is 1. The third-order valence-corrected chi connectivity index (χ3v) is 4.73. The lowest BCUT2D eigenvalue weighted by Crippen LogP contribution is -2.36. The summed E-state index contributed by atoms with van der Waals surface area (Å²) in [7, 11) is 0. The Morgan fingerprint density at radius 2 is 2.24 bits per heavy atom. The Kier molecular flexibility index (Phi) is 4.12. The first-order chi connectivity index (χ1) is 12.1. The number of nitrogens with zero attached hydrogens (tertiary/aromatic N) is 5. The fourth-order valence-corrected chi connectivity index (χ4v) is 3.22. The maximum atomic E-state index is 14.6. The number of hydrogen-bond donors (Lipinski definition) is 0. The maximum absolute atomic E-state index is 14.6. The van der Waals surface area contributed by atoms with Gasteiger partial charge in [-0.05, 0) is 13.2 Å². The molecule has 0 fully saturated rings. The number of thioether (sulfide) groups is 1. The van der Waals surface area contributed by atoms with Gasteiger partial charge in [-0.2, -0.15) is 4.98 Å². The lowest BCUT2D eigenvalue weighted by atomic mass is 10.2. The molecule has 10 heteroatoms. The second-order valence-corrected chi connectivity index (χ2v) is 6.67. The highest BCUT2D eigenvalue weighted by Gasteiger charge is 2.30. The van der Waals surface area contributed by atoms with Crippen molar-refractivity contribution < 1.29 is 13.5 Å². The van der Waals surface area contributed by atoms with Gasteiger partial charge in [-0.3, -0.25) is 0 Å². The fourth-order valence-electron chi connectivity index (χ4n) is 2.70. The van der Waals surface area contributed by atoms with E-state index >= 15 is 0 Å². The summed E-state index contributed by atoms with van der Waals surface area (Å²) in [4.78, 5) is 18.8. The molecule has 25 heavy (non-hydrogen) atoms. The molecule has 3 aromatic rings. The van der Waals surface area contributed by atoms with Crippen LogP contribution in [0.4, 0.5) is 10.2 Å². The average molecular weight is 382 g/mol. The smallest absolute Gasteiger partial charge is 0.228 e. The molecule has 0 aliphatic carbocycles. The summed E-state index contributed by atoms with van der Waals surface area (Å²) in [5.74, 6) is 0.747. The van der Waals surface area contributed by atoms with Crippen LogP contribution in [0.2, 0.25) is 5.15 Å². The van der Waals surface area contributed by atoms with Crippen molar-refractivity contribution in [2.45, 2.75) is 24.7 Å². The van der Waals surface area contributed by atoms with Gasteiger partial charge < -0.3 is 14.1 Å². The zero-order chi connectivity index (χ0) is 17.6. The first-order valence-electron chi connectivity index (χ1n) is 7.46. The Bertz CT molecular complexity index is 940. The molecular formula is C15H13ClFN5O2S. The lowest BCUT2D eigenvalue weighted by Gasteiger charge is -2.27. The van der Waals surface area contributed by atoms with E-state index in [-0.39, 0.29) is 22.6 Å². The third kappa shape index (κ3) is 2.77. The minimum Gasteiger partial charge on any atom is -0.475 e. The fraction of sp³-hybridized carbons (Fsp3) is 0.333. The number of ether oxygens (including phenoxy) is 1. The largest absolute Gasteiger partial charge is 0.475 e. The monoisotopic (exact) mass is 381 g/mol. The average Bonchev–Trinajstić information content (AvgIpc) is 3.09. The summed E-state index contributed by atoms with van der Waals surface area (Å²) in [6.07, 6.45) is 4.83. The molecule has 0 aromatic carbocycles. The number of anilines is 1.